The first-order valence-corrected chi connectivity index (χ1v) is 5.99. The minimum atomic E-state index is -0.403. The smallest absolute Gasteiger partial charge is 0.165 e. The Labute approximate surface area is 110 Å². The largest absolute Gasteiger partial charge is 0.454 e. The van der Waals surface area contributed by atoms with E-state index in [2.05, 4.69) is 0 Å². The van der Waals surface area contributed by atoms with Crippen molar-refractivity contribution < 1.29 is 9.13 Å². The molecule has 0 heterocycles. The van der Waals surface area contributed by atoms with Gasteiger partial charge >= 0.3 is 0 Å². The summed E-state index contributed by atoms with van der Waals surface area (Å²) in [6.45, 7) is 0.535. The fourth-order valence-electron chi connectivity index (χ4n) is 1.60. The van der Waals surface area contributed by atoms with Gasteiger partial charge in [-0.05, 0) is 42.8 Å². The molecule has 2 nitrogen and oxygen atoms in total. The van der Waals surface area contributed by atoms with E-state index in [4.69, 9.17) is 22.1 Å². The van der Waals surface area contributed by atoms with Crippen LogP contribution in [0.1, 0.15) is 5.56 Å². The Kier molecular flexibility index (Phi) is 4.18. The van der Waals surface area contributed by atoms with E-state index >= 15 is 0 Å². The third kappa shape index (κ3) is 3.00. The summed E-state index contributed by atoms with van der Waals surface area (Å²) in [6, 6.07) is 11.5. The van der Waals surface area contributed by atoms with Gasteiger partial charge in [0.1, 0.15) is 5.75 Å². The summed E-state index contributed by atoms with van der Waals surface area (Å²) in [4.78, 5) is 0. The fraction of sp³-hybridized carbons (Fsp3) is 0.143. The second-order valence-corrected chi connectivity index (χ2v) is 4.23. The average molecular weight is 266 g/mol. The Bertz CT molecular complexity index is 545. The molecule has 0 saturated carbocycles. The fourth-order valence-corrected chi connectivity index (χ4v) is 1.87. The van der Waals surface area contributed by atoms with Gasteiger partial charge in [0.25, 0.3) is 0 Å². The normalized spacial score (nSPS) is 10.4. The molecule has 0 aliphatic carbocycles. The van der Waals surface area contributed by atoms with E-state index in [0.29, 0.717) is 23.7 Å². The monoisotopic (exact) mass is 265 g/mol. The zero-order valence-electron chi connectivity index (χ0n) is 9.70. The molecule has 4 heteroatoms. The standard InChI is InChI=1S/C14H13ClFNO/c15-12-9-11(6-5-10(12)7-8-17)18-14-4-2-1-3-13(14)16/h1-6,9H,7-8,17H2. The van der Waals surface area contributed by atoms with E-state index in [0.717, 1.165) is 5.56 Å². The quantitative estimate of drug-likeness (QED) is 0.913. The van der Waals surface area contributed by atoms with Crippen molar-refractivity contribution in [2.24, 2.45) is 5.73 Å². The summed E-state index contributed by atoms with van der Waals surface area (Å²) < 4.78 is 18.8. The highest BCUT2D eigenvalue weighted by molar-refractivity contribution is 6.31. The van der Waals surface area contributed by atoms with Crippen molar-refractivity contribution in [3.63, 3.8) is 0 Å². The lowest BCUT2D eigenvalue weighted by atomic mass is 10.1. The minimum absolute atomic E-state index is 0.181. The van der Waals surface area contributed by atoms with Gasteiger partial charge in [-0.25, -0.2) is 4.39 Å². The van der Waals surface area contributed by atoms with Crippen LogP contribution in [-0.2, 0) is 6.42 Å². The molecule has 2 aromatic rings. The molecule has 2 rings (SSSR count). The molecule has 18 heavy (non-hydrogen) atoms. The average Bonchev–Trinajstić information content (AvgIpc) is 2.36. The predicted molar refractivity (Wildman–Crippen MR) is 70.7 cm³/mol. The zero-order chi connectivity index (χ0) is 13.0. The van der Waals surface area contributed by atoms with Crippen LogP contribution in [0.25, 0.3) is 0 Å². The molecule has 0 spiro atoms. The molecule has 0 fully saturated rings. The van der Waals surface area contributed by atoms with Crippen molar-refractivity contribution in [2.75, 3.05) is 6.54 Å². The van der Waals surface area contributed by atoms with Crippen molar-refractivity contribution in [1.29, 1.82) is 0 Å². The van der Waals surface area contributed by atoms with Crippen molar-refractivity contribution in [1.82, 2.24) is 0 Å². The van der Waals surface area contributed by atoms with Gasteiger partial charge in [0, 0.05) is 5.02 Å². The number of halogens is 2. The van der Waals surface area contributed by atoms with Gasteiger partial charge in [-0.2, -0.15) is 0 Å². The maximum absolute atomic E-state index is 13.4. The molecule has 94 valence electrons. The number of ether oxygens (including phenoxy) is 1. The molecule has 0 aromatic heterocycles. The Morgan fingerprint density at radius 2 is 1.94 bits per heavy atom. The summed E-state index contributed by atoms with van der Waals surface area (Å²) in [5.41, 5.74) is 6.43. The van der Waals surface area contributed by atoms with Gasteiger partial charge in [-0.1, -0.05) is 29.8 Å². The number of hydrogen-bond acceptors (Lipinski definition) is 2. The number of benzene rings is 2. The van der Waals surface area contributed by atoms with Crippen LogP contribution in [0.15, 0.2) is 42.5 Å². The van der Waals surface area contributed by atoms with Crippen LogP contribution in [0, 0.1) is 5.82 Å². The van der Waals surface area contributed by atoms with Crippen LogP contribution in [0.3, 0.4) is 0 Å². The van der Waals surface area contributed by atoms with Gasteiger partial charge in [-0.3, -0.25) is 0 Å². The highest BCUT2D eigenvalue weighted by atomic mass is 35.5. The SMILES string of the molecule is NCCc1ccc(Oc2ccccc2F)cc1Cl. The third-order valence-corrected chi connectivity index (χ3v) is 2.85. The van der Waals surface area contributed by atoms with E-state index in [9.17, 15) is 4.39 Å². The molecule has 0 atom stereocenters. The van der Waals surface area contributed by atoms with Crippen molar-refractivity contribution in [3.05, 3.63) is 58.9 Å². The van der Waals surface area contributed by atoms with Gasteiger partial charge < -0.3 is 10.5 Å². The van der Waals surface area contributed by atoms with Gasteiger partial charge in [0.15, 0.2) is 11.6 Å². The molecule has 2 N–H and O–H groups in total. The highest BCUT2D eigenvalue weighted by Crippen LogP contribution is 2.28. The summed E-state index contributed by atoms with van der Waals surface area (Å²) in [6.07, 6.45) is 0.707. The molecule has 0 radical (unpaired) electrons. The van der Waals surface area contributed by atoms with E-state index in [1.54, 1.807) is 30.3 Å². The van der Waals surface area contributed by atoms with E-state index in [-0.39, 0.29) is 5.75 Å². The summed E-state index contributed by atoms with van der Waals surface area (Å²) >= 11 is 6.08. The van der Waals surface area contributed by atoms with E-state index in [1.165, 1.54) is 6.07 Å². The Morgan fingerprint density at radius 3 is 2.61 bits per heavy atom. The lowest BCUT2D eigenvalue weighted by Gasteiger charge is -2.09. The molecule has 0 aliphatic heterocycles. The molecule has 0 aliphatic rings. The Morgan fingerprint density at radius 1 is 1.17 bits per heavy atom. The first kappa shape index (κ1) is 12.9. The van der Waals surface area contributed by atoms with Crippen LogP contribution >= 0.6 is 11.6 Å². The number of para-hydroxylation sites is 1. The lowest BCUT2D eigenvalue weighted by molar-refractivity contribution is 0.442. The number of nitrogens with two attached hydrogens (primary N) is 1. The molecule has 0 bridgehead atoms. The second kappa shape index (κ2) is 5.85. The second-order valence-electron chi connectivity index (χ2n) is 3.82. The predicted octanol–water partition coefficient (Wildman–Crippen LogP) is 3.77. The molecule has 0 amide bonds. The highest BCUT2D eigenvalue weighted by Gasteiger charge is 2.06. The van der Waals surface area contributed by atoms with Gasteiger partial charge in [0.05, 0.1) is 0 Å². The first-order valence-electron chi connectivity index (χ1n) is 5.61. The van der Waals surface area contributed by atoms with Crippen molar-refractivity contribution in [3.8, 4) is 11.5 Å². The lowest BCUT2D eigenvalue weighted by Crippen LogP contribution is -2.03. The summed E-state index contributed by atoms with van der Waals surface area (Å²) in [5.74, 6) is 0.283. The molecule has 0 saturated heterocycles. The van der Waals surface area contributed by atoms with E-state index < -0.39 is 5.82 Å². The number of hydrogen-bond donors (Lipinski definition) is 1. The van der Waals surface area contributed by atoms with Crippen LogP contribution < -0.4 is 10.5 Å². The third-order valence-electron chi connectivity index (χ3n) is 2.50. The first-order chi connectivity index (χ1) is 8.70. The van der Waals surface area contributed by atoms with Gasteiger partial charge in [-0.15, -0.1) is 0 Å². The summed E-state index contributed by atoms with van der Waals surface area (Å²) in [5, 5.41) is 0.578. The Balaban J connectivity index is 2.20. The van der Waals surface area contributed by atoms with Crippen molar-refractivity contribution >= 4 is 11.6 Å². The number of rotatable bonds is 4. The zero-order valence-corrected chi connectivity index (χ0v) is 10.5. The molecular formula is C14H13ClFNO. The van der Waals surface area contributed by atoms with E-state index in [1.807, 2.05) is 6.07 Å². The maximum atomic E-state index is 13.4. The molecule has 0 unspecified atom stereocenters. The molecular weight excluding hydrogens is 253 g/mol. The molecule has 2 aromatic carbocycles. The van der Waals surface area contributed by atoms with Crippen molar-refractivity contribution in [2.45, 2.75) is 6.42 Å². The van der Waals surface area contributed by atoms with Crippen LogP contribution in [0.4, 0.5) is 4.39 Å². The topological polar surface area (TPSA) is 35.2 Å². The van der Waals surface area contributed by atoms with Crippen LogP contribution in [0.2, 0.25) is 5.02 Å². The van der Waals surface area contributed by atoms with Gasteiger partial charge in [0.2, 0.25) is 0 Å². The maximum Gasteiger partial charge on any atom is 0.165 e. The minimum Gasteiger partial charge on any atom is -0.454 e. The Hall–Kier alpha value is -1.58. The van der Waals surface area contributed by atoms with Crippen LogP contribution in [0.5, 0.6) is 11.5 Å². The van der Waals surface area contributed by atoms with Crippen LogP contribution in [-0.4, -0.2) is 6.54 Å². The summed E-state index contributed by atoms with van der Waals surface area (Å²) in [7, 11) is 0.